The van der Waals surface area contributed by atoms with Gasteiger partial charge in [-0.25, -0.2) is 4.39 Å². The first-order chi connectivity index (χ1) is 9.20. The van der Waals surface area contributed by atoms with Crippen molar-refractivity contribution in [3.63, 3.8) is 0 Å². The van der Waals surface area contributed by atoms with Gasteiger partial charge in [0.05, 0.1) is 0 Å². The molecule has 1 saturated carbocycles. The van der Waals surface area contributed by atoms with Crippen LogP contribution in [0.25, 0.3) is 0 Å². The molecule has 0 aliphatic heterocycles. The molecule has 0 spiro atoms. The van der Waals surface area contributed by atoms with Crippen LogP contribution in [0.4, 0.5) is 4.39 Å². The molecule has 2 rings (SSSR count). The lowest BCUT2D eigenvalue weighted by molar-refractivity contribution is 0.318. The quantitative estimate of drug-likeness (QED) is 0.385. The molecule has 3 nitrogen and oxygen atoms in total. The molecule has 0 aromatic heterocycles. The smallest absolute Gasteiger partial charge is 0.170 e. The molecule has 104 valence electrons. The monoisotopic (exact) mass is 282 g/mol. The number of hydrogen-bond acceptors (Lipinski definition) is 3. The number of amidine groups is 1. The number of rotatable bonds is 4. The van der Waals surface area contributed by atoms with Gasteiger partial charge in [0.15, 0.2) is 5.84 Å². The molecule has 0 saturated heterocycles. The van der Waals surface area contributed by atoms with Gasteiger partial charge in [0, 0.05) is 16.6 Å². The molecule has 3 N–H and O–H groups in total. The van der Waals surface area contributed by atoms with Crippen molar-refractivity contribution in [1.29, 1.82) is 0 Å². The van der Waals surface area contributed by atoms with Crippen molar-refractivity contribution < 1.29 is 9.60 Å². The van der Waals surface area contributed by atoms with Crippen molar-refractivity contribution in [1.82, 2.24) is 0 Å². The fourth-order valence-electron chi connectivity index (χ4n) is 2.41. The first-order valence-corrected chi connectivity index (χ1v) is 7.63. The second-order valence-corrected chi connectivity index (χ2v) is 6.15. The molecule has 19 heavy (non-hydrogen) atoms. The average Bonchev–Trinajstić information content (AvgIpc) is 2.46. The van der Waals surface area contributed by atoms with E-state index < -0.39 is 0 Å². The Kier molecular flexibility index (Phi) is 5.07. The highest BCUT2D eigenvalue weighted by Gasteiger charge is 2.15. The van der Waals surface area contributed by atoms with Crippen molar-refractivity contribution >= 4 is 17.6 Å². The van der Waals surface area contributed by atoms with Crippen molar-refractivity contribution in [2.45, 2.75) is 43.1 Å². The summed E-state index contributed by atoms with van der Waals surface area (Å²) in [6.07, 6.45) is 6.45. The minimum Gasteiger partial charge on any atom is -0.409 e. The maximum atomic E-state index is 13.2. The summed E-state index contributed by atoms with van der Waals surface area (Å²) < 4.78 is 13.2. The highest BCUT2D eigenvalue weighted by Crippen LogP contribution is 2.31. The van der Waals surface area contributed by atoms with Crippen LogP contribution in [0.3, 0.4) is 0 Å². The lowest BCUT2D eigenvalue weighted by Crippen LogP contribution is -2.16. The van der Waals surface area contributed by atoms with Gasteiger partial charge < -0.3 is 10.9 Å². The highest BCUT2D eigenvalue weighted by atomic mass is 32.2. The van der Waals surface area contributed by atoms with Crippen LogP contribution in [0.1, 0.15) is 43.2 Å². The van der Waals surface area contributed by atoms with Gasteiger partial charge in [-0.05, 0) is 30.5 Å². The lowest BCUT2D eigenvalue weighted by Gasteiger charge is -2.21. The Hall–Kier alpha value is -1.23. The number of halogens is 1. The Morgan fingerprint density at radius 2 is 2.11 bits per heavy atom. The van der Waals surface area contributed by atoms with Crippen LogP contribution in [0.2, 0.25) is 0 Å². The topological polar surface area (TPSA) is 58.6 Å². The molecule has 0 atom stereocenters. The van der Waals surface area contributed by atoms with Crippen LogP contribution < -0.4 is 5.73 Å². The first kappa shape index (κ1) is 14.2. The van der Waals surface area contributed by atoms with E-state index in [2.05, 4.69) is 5.16 Å². The van der Waals surface area contributed by atoms with Gasteiger partial charge in [-0.15, -0.1) is 0 Å². The van der Waals surface area contributed by atoms with Crippen LogP contribution in [0.5, 0.6) is 0 Å². The summed E-state index contributed by atoms with van der Waals surface area (Å²) in [6.45, 7) is 0. The van der Waals surface area contributed by atoms with Crippen LogP contribution in [0.15, 0.2) is 23.4 Å². The van der Waals surface area contributed by atoms with Crippen molar-refractivity contribution in [2.75, 3.05) is 0 Å². The molecular formula is C14H19FN2OS. The Balaban J connectivity index is 2.06. The molecule has 0 bridgehead atoms. The lowest BCUT2D eigenvalue weighted by atomic mass is 10.0. The SMILES string of the molecule is NC(=NO)c1cc(F)ccc1CSC1CCCCC1. The third-order valence-corrected chi connectivity index (χ3v) is 4.90. The predicted octanol–water partition coefficient (Wildman–Crippen LogP) is 3.49. The van der Waals surface area contributed by atoms with E-state index in [1.807, 2.05) is 11.8 Å². The molecule has 0 radical (unpaired) electrons. The van der Waals surface area contributed by atoms with Gasteiger partial charge in [-0.3, -0.25) is 0 Å². The summed E-state index contributed by atoms with van der Waals surface area (Å²) in [5.74, 6) is 0.378. The van der Waals surface area contributed by atoms with E-state index in [1.165, 1.54) is 44.2 Å². The number of benzene rings is 1. The molecule has 0 amide bonds. The largest absolute Gasteiger partial charge is 0.409 e. The van der Waals surface area contributed by atoms with E-state index in [0.717, 1.165) is 11.3 Å². The normalized spacial score (nSPS) is 17.6. The third-order valence-electron chi connectivity index (χ3n) is 3.48. The number of thioether (sulfide) groups is 1. The van der Waals surface area contributed by atoms with E-state index >= 15 is 0 Å². The maximum absolute atomic E-state index is 13.2. The number of oxime groups is 1. The molecule has 1 aromatic rings. The molecular weight excluding hydrogens is 263 g/mol. The Morgan fingerprint density at radius 3 is 2.79 bits per heavy atom. The second kappa shape index (κ2) is 6.80. The van der Waals surface area contributed by atoms with Crippen LogP contribution in [-0.4, -0.2) is 16.3 Å². The highest BCUT2D eigenvalue weighted by molar-refractivity contribution is 7.99. The predicted molar refractivity (Wildman–Crippen MR) is 77.1 cm³/mol. The minimum absolute atomic E-state index is 0.0289. The number of hydrogen-bond donors (Lipinski definition) is 2. The summed E-state index contributed by atoms with van der Waals surface area (Å²) in [6, 6.07) is 4.47. The number of nitrogens with zero attached hydrogens (tertiary/aromatic N) is 1. The fourth-order valence-corrected chi connectivity index (χ4v) is 3.74. The van der Waals surface area contributed by atoms with Crippen molar-refractivity contribution in [3.05, 3.63) is 35.1 Å². The van der Waals surface area contributed by atoms with Crippen LogP contribution >= 0.6 is 11.8 Å². The van der Waals surface area contributed by atoms with Crippen molar-refractivity contribution in [2.24, 2.45) is 10.9 Å². The van der Waals surface area contributed by atoms with Gasteiger partial charge in [0.1, 0.15) is 5.82 Å². The molecule has 5 heteroatoms. The van der Waals surface area contributed by atoms with Gasteiger partial charge >= 0.3 is 0 Å². The zero-order chi connectivity index (χ0) is 13.7. The van der Waals surface area contributed by atoms with Crippen LogP contribution in [-0.2, 0) is 5.75 Å². The van der Waals surface area contributed by atoms with E-state index in [9.17, 15) is 4.39 Å². The third kappa shape index (κ3) is 3.86. The molecule has 1 aliphatic rings. The molecule has 1 fully saturated rings. The van der Waals surface area contributed by atoms with Gasteiger partial charge in [0.25, 0.3) is 0 Å². The Labute approximate surface area is 117 Å². The zero-order valence-electron chi connectivity index (χ0n) is 10.8. The minimum atomic E-state index is -0.368. The van der Waals surface area contributed by atoms with Gasteiger partial charge in [-0.2, -0.15) is 11.8 Å². The van der Waals surface area contributed by atoms with Crippen LogP contribution in [0, 0.1) is 5.82 Å². The molecule has 0 heterocycles. The van der Waals surface area contributed by atoms with Gasteiger partial charge in [-0.1, -0.05) is 30.5 Å². The van der Waals surface area contributed by atoms with Gasteiger partial charge in [0.2, 0.25) is 0 Å². The Morgan fingerprint density at radius 1 is 1.37 bits per heavy atom. The summed E-state index contributed by atoms with van der Waals surface area (Å²) in [5.41, 5.74) is 7.01. The first-order valence-electron chi connectivity index (χ1n) is 6.58. The maximum Gasteiger partial charge on any atom is 0.170 e. The summed E-state index contributed by atoms with van der Waals surface area (Å²) >= 11 is 1.88. The molecule has 0 unspecified atom stereocenters. The average molecular weight is 282 g/mol. The Bertz CT molecular complexity index is 459. The fraction of sp³-hybridized carbons (Fsp3) is 0.500. The van der Waals surface area contributed by atoms with E-state index in [4.69, 9.17) is 10.9 Å². The molecule has 1 aromatic carbocycles. The molecule has 1 aliphatic carbocycles. The zero-order valence-corrected chi connectivity index (χ0v) is 11.6. The second-order valence-electron chi connectivity index (χ2n) is 4.86. The standard InChI is InChI=1S/C14H19FN2OS/c15-11-7-6-10(13(8-11)14(16)17-18)9-19-12-4-2-1-3-5-12/h6-8,12,18H,1-5,9H2,(H2,16,17). The number of nitrogens with two attached hydrogens (primary N) is 1. The summed E-state index contributed by atoms with van der Waals surface area (Å²) in [7, 11) is 0. The summed E-state index contributed by atoms with van der Waals surface area (Å²) in [5, 5.41) is 12.4. The van der Waals surface area contributed by atoms with Crippen molar-refractivity contribution in [3.8, 4) is 0 Å². The summed E-state index contributed by atoms with van der Waals surface area (Å²) in [4.78, 5) is 0. The van der Waals surface area contributed by atoms with E-state index in [1.54, 1.807) is 6.07 Å². The van der Waals surface area contributed by atoms with E-state index in [-0.39, 0.29) is 11.7 Å². The van der Waals surface area contributed by atoms with E-state index in [0.29, 0.717) is 10.8 Å².